The Balaban J connectivity index is 0.000000178. The molecule has 0 atom stereocenters. The van der Waals surface area contributed by atoms with Crippen molar-refractivity contribution in [2.45, 2.75) is 78.6 Å². The van der Waals surface area contributed by atoms with Gasteiger partial charge in [-0.05, 0) is 33.0 Å². The molecule has 2 aliphatic carbocycles. The number of fused-ring (bicyclic) bond motifs is 14. The highest BCUT2D eigenvalue weighted by atomic mass is 32.1. The van der Waals surface area contributed by atoms with Gasteiger partial charge in [0.25, 0.3) is 17.9 Å². The third kappa shape index (κ3) is 8.38. The second kappa shape index (κ2) is 17.9. The molecule has 10 rings (SSSR count). The molecule has 0 spiro atoms. The first kappa shape index (κ1) is 50.3. The molecule has 0 bridgehead atoms. The molecule has 14 heteroatoms. The van der Waals surface area contributed by atoms with E-state index in [2.05, 4.69) is 178 Å². The number of nitrogens with zero attached hydrogens (tertiary/aromatic N) is 6. The normalized spacial score (nSPS) is 14.1. The number of hydrogen-bond donors (Lipinski definition) is 0. The zero-order valence-electron chi connectivity index (χ0n) is 42.0. The number of thiophene rings is 2. The van der Waals surface area contributed by atoms with Crippen LogP contribution in [-0.2, 0) is 0 Å². The summed E-state index contributed by atoms with van der Waals surface area (Å²) in [7, 11) is -6.27. The summed E-state index contributed by atoms with van der Waals surface area (Å²) in [6, 6.07) is 31.7. The summed E-state index contributed by atoms with van der Waals surface area (Å²) in [6.45, 7) is 49.0. The van der Waals surface area contributed by atoms with Crippen molar-refractivity contribution in [3.8, 4) is 40.5 Å². The van der Waals surface area contributed by atoms with Gasteiger partial charge >= 0.3 is 0 Å². The summed E-state index contributed by atoms with van der Waals surface area (Å²) in [6.07, 6.45) is 0. The lowest BCUT2D eigenvalue weighted by atomic mass is 9.99. The minimum absolute atomic E-state index is 0.0139. The lowest BCUT2D eigenvalue weighted by Crippen LogP contribution is -2.37. The predicted octanol–water partition coefficient (Wildman–Crippen LogP) is 12.7. The molecule has 0 amide bonds. The van der Waals surface area contributed by atoms with Crippen LogP contribution in [0.25, 0.3) is 89.7 Å². The molecule has 0 radical (unpaired) electrons. The van der Waals surface area contributed by atoms with E-state index in [1.165, 1.54) is 43.4 Å². The van der Waals surface area contributed by atoms with Gasteiger partial charge < -0.3 is 4.85 Å². The maximum absolute atomic E-state index is 13.2. The molecule has 0 aliphatic heterocycles. The van der Waals surface area contributed by atoms with Crippen molar-refractivity contribution in [1.29, 1.82) is 15.8 Å². The number of nitriles is 3. The fourth-order valence-electron chi connectivity index (χ4n) is 9.53. The van der Waals surface area contributed by atoms with Crippen molar-refractivity contribution >= 4 is 129 Å². The molecule has 8 aromatic rings. The number of hydrogen-bond acceptors (Lipinski definition) is 7. The van der Waals surface area contributed by atoms with E-state index < -0.39 is 32.3 Å². The zero-order chi connectivity index (χ0) is 51.9. The van der Waals surface area contributed by atoms with Crippen LogP contribution in [0, 0.1) is 53.7 Å². The van der Waals surface area contributed by atoms with Crippen molar-refractivity contribution in [3.05, 3.63) is 160 Å². The van der Waals surface area contributed by atoms with Crippen LogP contribution in [0.15, 0.2) is 93.8 Å². The van der Waals surface area contributed by atoms with Crippen molar-refractivity contribution in [1.82, 2.24) is 0 Å². The fourth-order valence-corrected chi connectivity index (χ4v) is 16.9. The molecular weight excluding hydrogens is 977 g/mol. The van der Waals surface area contributed by atoms with Crippen LogP contribution in [0.2, 0.25) is 78.6 Å². The largest absolute Gasteiger partial charge is 0.301 e. The second-order valence-electron chi connectivity index (χ2n) is 22.1. The summed E-state index contributed by atoms with van der Waals surface area (Å²) >= 11 is 2.89. The summed E-state index contributed by atoms with van der Waals surface area (Å²) in [5.41, 5.74) is 7.66. The van der Waals surface area contributed by atoms with Crippen molar-refractivity contribution in [2.75, 3.05) is 6.54 Å². The zero-order valence-corrected chi connectivity index (χ0v) is 47.6. The van der Waals surface area contributed by atoms with Gasteiger partial charge in [0.05, 0.1) is 67.0 Å². The molecule has 0 N–H and O–H groups in total. The summed E-state index contributed by atoms with van der Waals surface area (Å²) in [5, 5.41) is 38.1. The molecule has 348 valence electrons. The highest BCUT2D eigenvalue weighted by Gasteiger charge is 2.40. The van der Waals surface area contributed by atoms with E-state index in [0.717, 1.165) is 84.9 Å². The Kier molecular flexibility index (Phi) is 12.7. The van der Waals surface area contributed by atoms with E-state index in [9.17, 15) is 20.1 Å². The Labute approximate surface area is 426 Å². The topological polar surface area (TPSA) is 119 Å². The quantitative estimate of drug-likeness (QED) is 0.0753. The van der Waals surface area contributed by atoms with Gasteiger partial charge in [0.15, 0.2) is 0 Å². The molecule has 0 saturated carbocycles. The molecule has 6 aromatic carbocycles. The first-order valence-electron chi connectivity index (χ1n) is 23.1. The lowest BCUT2D eigenvalue weighted by molar-refractivity contribution is 1.43. The maximum atomic E-state index is 13.2. The van der Waals surface area contributed by atoms with Crippen LogP contribution in [0.3, 0.4) is 0 Å². The molecule has 0 unspecified atom stereocenters. The van der Waals surface area contributed by atoms with Crippen LogP contribution < -0.4 is 31.6 Å². The number of benzene rings is 4. The minimum Gasteiger partial charge on any atom is -0.301 e. The van der Waals surface area contributed by atoms with E-state index in [4.69, 9.17) is 25.0 Å². The van der Waals surface area contributed by atoms with Crippen LogP contribution in [-0.4, -0.2) is 38.8 Å². The number of allylic oxidation sites excluding steroid dienone is 2. The summed E-state index contributed by atoms with van der Waals surface area (Å²) < 4.78 is 1.48. The first-order valence-corrected chi connectivity index (χ1v) is 38.8. The maximum Gasteiger partial charge on any atom is 0.298 e. The highest BCUT2D eigenvalue weighted by molar-refractivity contribution is 7.26. The molecule has 71 heavy (non-hydrogen) atoms. The monoisotopic (exact) mass is 1030 g/mol. The average molecular weight is 1030 g/mol. The molecule has 2 aliphatic rings. The van der Waals surface area contributed by atoms with Gasteiger partial charge in [-0.25, -0.2) is 26.8 Å². The Morgan fingerprint density at radius 3 is 1.14 bits per heavy atom. The summed E-state index contributed by atoms with van der Waals surface area (Å²) in [4.78, 5) is 38.1. The van der Waals surface area contributed by atoms with Gasteiger partial charge in [-0.2, -0.15) is 5.26 Å². The van der Waals surface area contributed by atoms with E-state index in [0.29, 0.717) is 11.1 Å². The van der Waals surface area contributed by atoms with Crippen molar-refractivity contribution in [2.24, 2.45) is 0 Å². The average Bonchev–Trinajstić information content (AvgIpc) is 4.13. The molecule has 2 aromatic heterocycles. The SMILES string of the molecule is C[Si](C)(C)c1ccc2c(c1)c(=O)c1sc3c(=O)c4cc([Si](C)(C)C)ccc4c3c12.[C-]#[N+]/C(C#N)=C1/c2cc([Si](C)(C)C)ccc2-c2c1sc1c2-c2ccc([Si](C)(C)C)cc2/C1=C(/C#N)[N+]#[C-].[C-]#[N+]CC#N. The Morgan fingerprint density at radius 1 is 0.493 bits per heavy atom. The second-order valence-corrected chi connectivity index (χ2v) is 44.4. The van der Waals surface area contributed by atoms with Crippen LogP contribution >= 0.6 is 22.7 Å². The smallest absolute Gasteiger partial charge is 0.298 e. The fraction of sp³-hybridized carbons (Fsp3) is 0.228. The molecule has 8 nitrogen and oxygen atoms in total. The standard InChI is InChI=1S/C30H24N4SSi2.C24H24O2SSi2.C3H2N2/c1-33-23(15-31)25-21-13-17(36(3,4)5)9-11-19(21)27-28-20-12-10-18(37(6,7)8)14-22(20)26(24(16-32)34-2)30(28)35-29(25)27;1-28(2,3)13-7-9-15-17(11-13)21(25)23-19(15)20-16-10-8-14(29(4,5)6)12-18(16)22(26)24(20)27-23;1-5-3-2-4/h9-14H,3-8H3;7-12H,1-6H3;3H2/b25-23-,26-24+;;. The van der Waals surface area contributed by atoms with Gasteiger partial charge in [0, 0.05) is 53.6 Å². The van der Waals surface area contributed by atoms with Crippen molar-refractivity contribution < 1.29 is 0 Å². The Hall–Kier alpha value is -7.09. The van der Waals surface area contributed by atoms with Crippen LogP contribution in [0.4, 0.5) is 0 Å². The van der Waals surface area contributed by atoms with Crippen LogP contribution in [0.1, 0.15) is 20.9 Å². The molecular formula is C57H50N6O2S2Si4. The number of rotatable bonds is 4. The van der Waals surface area contributed by atoms with E-state index >= 15 is 0 Å². The van der Waals surface area contributed by atoms with Crippen LogP contribution in [0.5, 0.6) is 0 Å². The molecule has 2 heterocycles. The van der Waals surface area contributed by atoms with Gasteiger partial charge in [-0.15, -0.1) is 22.7 Å². The van der Waals surface area contributed by atoms with Gasteiger partial charge in [-0.1, -0.05) is 172 Å². The van der Waals surface area contributed by atoms with Crippen molar-refractivity contribution in [3.63, 3.8) is 0 Å². The third-order valence-electron chi connectivity index (χ3n) is 13.4. The van der Waals surface area contributed by atoms with E-state index in [1.807, 2.05) is 0 Å². The Bertz CT molecular complexity index is 3790. The Morgan fingerprint density at radius 2 is 0.845 bits per heavy atom. The summed E-state index contributed by atoms with van der Waals surface area (Å²) in [5.74, 6) is 0. The molecule has 0 saturated heterocycles. The third-order valence-corrected chi connectivity index (χ3v) is 24.0. The first-order chi connectivity index (χ1) is 33.4. The lowest BCUT2D eigenvalue weighted by Gasteiger charge is -2.19. The van der Waals surface area contributed by atoms with E-state index in [1.54, 1.807) is 6.07 Å². The molecule has 0 fully saturated rings. The minimum atomic E-state index is -1.63. The van der Waals surface area contributed by atoms with Gasteiger partial charge in [-0.3, -0.25) is 9.59 Å². The predicted molar refractivity (Wildman–Crippen MR) is 310 cm³/mol. The van der Waals surface area contributed by atoms with E-state index in [-0.39, 0.29) is 28.8 Å². The van der Waals surface area contributed by atoms with Gasteiger partial charge in [0.1, 0.15) is 6.07 Å². The van der Waals surface area contributed by atoms with Gasteiger partial charge in [0.2, 0.25) is 10.9 Å². The highest BCUT2D eigenvalue weighted by Crippen LogP contribution is 2.61.